The normalized spacial score (nSPS) is 34.8. The van der Waals surface area contributed by atoms with Gasteiger partial charge in [0, 0.05) is 30.2 Å². The number of allylic oxidation sites excluding steroid dienone is 2. The molecule has 1 aliphatic heterocycles. The van der Waals surface area contributed by atoms with Crippen LogP contribution in [0, 0.1) is 29.1 Å². The van der Waals surface area contributed by atoms with Gasteiger partial charge in [0.05, 0.1) is 11.1 Å². The van der Waals surface area contributed by atoms with Crippen LogP contribution in [0.15, 0.2) is 21.3 Å². The van der Waals surface area contributed by atoms with Crippen molar-refractivity contribution < 1.29 is 0 Å². The maximum Gasteiger partial charge on any atom is 0.138 e. The van der Waals surface area contributed by atoms with E-state index in [-0.39, 0.29) is 5.92 Å². The van der Waals surface area contributed by atoms with Crippen LogP contribution < -0.4 is 0 Å². The highest BCUT2D eigenvalue weighted by atomic mass is 35.5. The van der Waals surface area contributed by atoms with Crippen LogP contribution in [-0.4, -0.2) is 11.0 Å². The second-order valence-corrected chi connectivity index (χ2v) is 6.81. The Bertz CT molecular complexity index is 503. The smallest absolute Gasteiger partial charge is 0.138 e. The predicted molar refractivity (Wildman–Crippen MR) is 77.5 cm³/mol. The standard InChI is InChI=1S/C14H15Cl3N2/c15-13-11-3-1-2-9-4-8(6-18)5-10(12(9)11)7-19(17)14(13)16/h8-10H,1-5,7H2. The molecule has 0 spiro atoms. The molecule has 0 aromatic rings. The zero-order valence-corrected chi connectivity index (χ0v) is 12.8. The Balaban J connectivity index is 2.07. The molecule has 0 N–H and O–H groups in total. The second-order valence-electron chi connectivity index (χ2n) is 5.67. The summed E-state index contributed by atoms with van der Waals surface area (Å²) in [5.74, 6) is 0.952. The van der Waals surface area contributed by atoms with Crippen molar-refractivity contribution >= 4 is 35.0 Å². The second kappa shape index (κ2) is 5.20. The molecule has 0 aromatic heterocycles. The summed E-state index contributed by atoms with van der Waals surface area (Å²) in [6, 6.07) is 2.43. The Morgan fingerprint density at radius 3 is 2.68 bits per heavy atom. The first-order chi connectivity index (χ1) is 9.11. The Kier molecular flexibility index (Phi) is 3.73. The van der Waals surface area contributed by atoms with Gasteiger partial charge in [-0.05, 0) is 43.6 Å². The van der Waals surface area contributed by atoms with Gasteiger partial charge in [0.2, 0.25) is 0 Å². The lowest BCUT2D eigenvalue weighted by molar-refractivity contribution is 0.269. The van der Waals surface area contributed by atoms with Crippen molar-refractivity contribution in [1.82, 2.24) is 4.42 Å². The molecule has 3 atom stereocenters. The monoisotopic (exact) mass is 316 g/mol. The van der Waals surface area contributed by atoms with E-state index in [4.69, 9.17) is 35.0 Å². The van der Waals surface area contributed by atoms with E-state index >= 15 is 0 Å². The van der Waals surface area contributed by atoms with E-state index < -0.39 is 0 Å². The van der Waals surface area contributed by atoms with Crippen molar-refractivity contribution in [3.8, 4) is 6.07 Å². The molecule has 2 nitrogen and oxygen atoms in total. The minimum atomic E-state index is 0.138. The van der Waals surface area contributed by atoms with Gasteiger partial charge in [-0.25, -0.2) is 0 Å². The summed E-state index contributed by atoms with van der Waals surface area (Å²) in [6.07, 6.45) is 5.12. The van der Waals surface area contributed by atoms with Gasteiger partial charge in [-0.15, -0.1) is 0 Å². The summed E-state index contributed by atoms with van der Waals surface area (Å²) < 4.78 is 1.52. The summed E-state index contributed by atoms with van der Waals surface area (Å²) in [4.78, 5) is 0. The Morgan fingerprint density at radius 1 is 1.21 bits per heavy atom. The first-order valence-corrected chi connectivity index (χ1v) is 7.82. The molecule has 3 unspecified atom stereocenters. The summed E-state index contributed by atoms with van der Waals surface area (Å²) in [5.41, 5.74) is 2.64. The lowest BCUT2D eigenvalue weighted by Crippen LogP contribution is -2.32. The van der Waals surface area contributed by atoms with Crippen LogP contribution in [0.25, 0.3) is 0 Å². The number of hydrogen-bond donors (Lipinski definition) is 0. The topological polar surface area (TPSA) is 27.0 Å². The first-order valence-electron chi connectivity index (χ1n) is 6.73. The molecule has 1 fully saturated rings. The van der Waals surface area contributed by atoms with Crippen LogP contribution >= 0.6 is 35.0 Å². The molecule has 3 rings (SSSR count). The van der Waals surface area contributed by atoms with Crippen molar-refractivity contribution in [2.45, 2.75) is 32.1 Å². The van der Waals surface area contributed by atoms with Gasteiger partial charge in [-0.3, -0.25) is 4.42 Å². The van der Waals surface area contributed by atoms with E-state index in [0.29, 0.717) is 28.6 Å². The summed E-state index contributed by atoms with van der Waals surface area (Å²) in [7, 11) is 0. The third-order valence-corrected chi connectivity index (χ3v) is 5.86. The van der Waals surface area contributed by atoms with E-state index in [9.17, 15) is 5.26 Å². The highest BCUT2D eigenvalue weighted by molar-refractivity contribution is 6.42. The fourth-order valence-corrected chi connectivity index (χ4v) is 4.61. The molecule has 2 aliphatic carbocycles. The Labute approximate surface area is 128 Å². The number of rotatable bonds is 0. The van der Waals surface area contributed by atoms with E-state index in [2.05, 4.69) is 6.07 Å². The fourth-order valence-electron chi connectivity index (χ4n) is 3.83. The maximum atomic E-state index is 9.24. The van der Waals surface area contributed by atoms with Gasteiger partial charge in [-0.2, -0.15) is 5.26 Å². The zero-order valence-electron chi connectivity index (χ0n) is 10.5. The van der Waals surface area contributed by atoms with Crippen LogP contribution in [0.2, 0.25) is 0 Å². The SMILES string of the molecule is N#CC1CC2CCCC3=C2C(C1)CN(Cl)C(Cl)=C3Cl. The number of halogens is 3. The van der Waals surface area contributed by atoms with E-state index in [1.54, 1.807) is 0 Å². The molecule has 5 heteroatoms. The van der Waals surface area contributed by atoms with Gasteiger partial charge in [-0.1, -0.05) is 28.8 Å². The zero-order chi connectivity index (χ0) is 13.6. The van der Waals surface area contributed by atoms with Gasteiger partial charge in [0.15, 0.2) is 0 Å². The molecule has 102 valence electrons. The largest absolute Gasteiger partial charge is 0.273 e. The minimum Gasteiger partial charge on any atom is -0.273 e. The molecular formula is C14H15Cl3N2. The van der Waals surface area contributed by atoms with Crippen LogP contribution in [-0.2, 0) is 0 Å². The molecule has 0 radical (unpaired) electrons. The Hall–Kier alpha value is -0.360. The van der Waals surface area contributed by atoms with Crippen molar-refractivity contribution in [3.05, 3.63) is 21.3 Å². The van der Waals surface area contributed by atoms with E-state index in [1.807, 2.05) is 0 Å². The van der Waals surface area contributed by atoms with Gasteiger partial charge in [0.25, 0.3) is 0 Å². The predicted octanol–water partition coefficient (Wildman–Crippen LogP) is 4.75. The quantitative estimate of drug-likeness (QED) is 0.476. The van der Waals surface area contributed by atoms with Crippen molar-refractivity contribution in [2.24, 2.45) is 17.8 Å². The molecule has 1 heterocycles. The van der Waals surface area contributed by atoms with Crippen molar-refractivity contribution in [2.75, 3.05) is 6.54 Å². The molecule has 0 bridgehead atoms. The van der Waals surface area contributed by atoms with Crippen molar-refractivity contribution in [3.63, 3.8) is 0 Å². The third kappa shape index (κ3) is 2.27. The van der Waals surface area contributed by atoms with Gasteiger partial charge < -0.3 is 0 Å². The molecular weight excluding hydrogens is 303 g/mol. The molecule has 19 heavy (non-hydrogen) atoms. The number of nitrogens with zero attached hydrogens (tertiary/aromatic N) is 2. The summed E-state index contributed by atoms with van der Waals surface area (Å²) in [6.45, 7) is 0.657. The van der Waals surface area contributed by atoms with Crippen LogP contribution in [0.3, 0.4) is 0 Å². The molecule has 3 aliphatic rings. The maximum absolute atomic E-state index is 9.24. The van der Waals surface area contributed by atoms with E-state index in [0.717, 1.165) is 32.1 Å². The molecule has 1 saturated carbocycles. The minimum absolute atomic E-state index is 0.138. The van der Waals surface area contributed by atoms with Crippen molar-refractivity contribution in [1.29, 1.82) is 5.26 Å². The number of nitriles is 1. The van der Waals surface area contributed by atoms with E-state index in [1.165, 1.54) is 15.6 Å². The summed E-state index contributed by atoms with van der Waals surface area (Å²) >= 11 is 18.9. The summed E-state index contributed by atoms with van der Waals surface area (Å²) in [5, 5.41) is 10.3. The highest BCUT2D eigenvalue weighted by Crippen LogP contribution is 2.50. The first kappa shape index (κ1) is 13.6. The average molecular weight is 318 g/mol. The molecule has 0 aromatic carbocycles. The van der Waals surface area contributed by atoms with Gasteiger partial charge >= 0.3 is 0 Å². The van der Waals surface area contributed by atoms with Crippen LogP contribution in [0.4, 0.5) is 0 Å². The molecule has 0 amide bonds. The molecule has 0 saturated heterocycles. The third-order valence-electron chi connectivity index (χ3n) is 4.57. The lowest BCUT2D eigenvalue weighted by atomic mass is 9.66. The lowest BCUT2D eigenvalue weighted by Gasteiger charge is -2.39. The van der Waals surface area contributed by atoms with Gasteiger partial charge in [0.1, 0.15) is 5.16 Å². The number of hydrogen-bond acceptors (Lipinski definition) is 2. The van der Waals surface area contributed by atoms with Crippen LogP contribution in [0.1, 0.15) is 32.1 Å². The average Bonchev–Trinajstić information content (AvgIpc) is 2.52. The Morgan fingerprint density at radius 2 is 1.95 bits per heavy atom. The fraction of sp³-hybridized carbons (Fsp3) is 0.643. The van der Waals surface area contributed by atoms with Crippen LogP contribution in [0.5, 0.6) is 0 Å². The highest BCUT2D eigenvalue weighted by Gasteiger charge is 2.40.